The van der Waals surface area contributed by atoms with E-state index in [0.29, 0.717) is 23.7 Å². The average molecular weight is 425 g/mol. The van der Waals surface area contributed by atoms with Crippen molar-refractivity contribution in [2.75, 3.05) is 6.54 Å². The summed E-state index contributed by atoms with van der Waals surface area (Å²) >= 11 is 23.1. The second-order valence-electron chi connectivity index (χ2n) is 4.97. The molecule has 0 atom stereocenters. The molecule has 2 aromatic rings. The van der Waals surface area contributed by atoms with Crippen LogP contribution in [0.15, 0.2) is 28.7 Å². The summed E-state index contributed by atoms with van der Waals surface area (Å²) in [5.41, 5.74) is 0. The monoisotopic (exact) mass is 423 g/mol. The first-order chi connectivity index (χ1) is 11.9. The standard InChI is InChI=1S/C16H13Cl4NO4/c17-9-6-11(18)15(12(19)7-9)24-8-10-3-4-13(25-10)16(23)21-5-1-2-14(20)22/h3-4,6-7H,1-2,5,8H2,(H,21,23). The Morgan fingerprint density at radius 2 is 1.80 bits per heavy atom. The SMILES string of the molecule is O=C(Cl)CCCNC(=O)c1ccc(COc2c(Cl)cc(Cl)cc2Cl)o1. The number of carbonyl (C=O) groups excluding carboxylic acids is 2. The summed E-state index contributed by atoms with van der Waals surface area (Å²) in [6.07, 6.45) is 0.653. The van der Waals surface area contributed by atoms with E-state index >= 15 is 0 Å². The minimum absolute atomic E-state index is 0.0368. The van der Waals surface area contributed by atoms with Crippen molar-refractivity contribution in [2.24, 2.45) is 0 Å². The number of halogens is 4. The number of nitrogens with one attached hydrogen (secondary N) is 1. The van der Waals surface area contributed by atoms with Gasteiger partial charge in [0.05, 0.1) is 10.0 Å². The molecule has 0 spiro atoms. The molecule has 2 rings (SSSR count). The molecule has 25 heavy (non-hydrogen) atoms. The number of carbonyl (C=O) groups is 2. The van der Waals surface area contributed by atoms with Crippen LogP contribution in [0.1, 0.15) is 29.2 Å². The third kappa shape index (κ3) is 6.12. The van der Waals surface area contributed by atoms with Gasteiger partial charge in [0.25, 0.3) is 5.91 Å². The van der Waals surface area contributed by atoms with Gasteiger partial charge in [-0.05, 0) is 42.3 Å². The van der Waals surface area contributed by atoms with Gasteiger partial charge in [-0.1, -0.05) is 34.8 Å². The van der Waals surface area contributed by atoms with Crippen LogP contribution in [0.5, 0.6) is 5.75 Å². The van der Waals surface area contributed by atoms with Gasteiger partial charge >= 0.3 is 0 Å². The van der Waals surface area contributed by atoms with Gasteiger partial charge in [-0.25, -0.2) is 0 Å². The number of benzene rings is 1. The van der Waals surface area contributed by atoms with E-state index in [-0.39, 0.29) is 34.6 Å². The Labute approximate surface area is 164 Å². The Kier molecular flexibility index (Phi) is 7.44. The lowest BCUT2D eigenvalue weighted by Gasteiger charge is -2.09. The van der Waals surface area contributed by atoms with Crippen molar-refractivity contribution in [3.05, 3.63) is 50.9 Å². The molecule has 1 aromatic carbocycles. The number of hydrogen-bond donors (Lipinski definition) is 1. The third-order valence-corrected chi connectivity index (χ3v) is 4.01. The van der Waals surface area contributed by atoms with Crippen LogP contribution in [-0.4, -0.2) is 17.7 Å². The highest BCUT2D eigenvalue weighted by molar-refractivity contribution is 6.63. The van der Waals surface area contributed by atoms with Crippen LogP contribution in [0.25, 0.3) is 0 Å². The van der Waals surface area contributed by atoms with Gasteiger partial charge in [0.15, 0.2) is 11.5 Å². The van der Waals surface area contributed by atoms with E-state index < -0.39 is 11.1 Å². The summed E-state index contributed by atoms with van der Waals surface area (Å²) < 4.78 is 10.9. The molecule has 0 saturated carbocycles. The predicted molar refractivity (Wildman–Crippen MR) is 96.9 cm³/mol. The summed E-state index contributed by atoms with van der Waals surface area (Å²) in [6, 6.07) is 6.15. The number of furan rings is 1. The Balaban J connectivity index is 1.89. The quantitative estimate of drug-likeness (QED) is 0.473. The Bertz CT molecular complexity index is 752. The maximum Gasteiger partial charge on any atom is 0.286 e. The van der Waals surface area contributed by atoms with Crippen molar-refractivity contribution in [1.29, 1.82) is 0 Å². The smallest absolute Gasteiger partial charge is 0.286 e. The van der Waals surface area contributed by atoms with Gasteiger partial charge in [0, 0.05) is 18.0 Å². The average Bonchev–Trinajstić information content (AvgIpc) is 2.99. The zero-order chi connectivity index (χ0) is 18.4. The molecule has 0 aliphatic carbocycles. The first-order valence-corrected chi connectivity index (χ1v) is 8.70. The van der Waals surface area contributed by atoms with E-state index in [4.69, 9.17) is 55.6 Å². The molecule has 134 valence electrons. The van der Waals surface area contributed by atoms with Crippen molar-refractivity contribution in [1.82, 2.24) is 5.32 Å². The van der Waals surface area contributed by atoms with Gasteiger partial charge < -0.3 is 14.5 Å². The molecule has 1 amide bonds. The summed E-state index contributed by atoms with van der Waals surface area (Å²) in [4.78, 5) is 22.5. The zero-order valence-corrected chi connectivity index (χ0v) is 15.8. The molecular weight excluding hydrogens is 412 g/mol. The lowest BCUT2D eigenvalue weighted by molar-refractivity contribution is -0.111. The fourth-order valence-electron chi connectivity index (χ4n) is 1.90. The lowest BCUT2D eigenvalue weighted by Crippen LogP contribution is -2.24. The maximum absolute atomic E-state index is 11.9. The van der Waals surface area contributed by atoms with Gasteiger partial charge in [0.2, 0.25) is 5.24 Å². The van der Waals surface area contributed by atoms with Crippen molar-refractivity contribution in [3.63, 3.8) is 0 Å². The van der Waals surface area contributed by atoms with E-state index in [1.807, 2.05) is 0 Å². The molecule has 0 unspecified atom stereocenters. The van der Waals surface area contributed by atoms with Crippen LogP contribution >= 0.6 is 46.4 Å². The van der Waals surface area contributed by atoms with Crippen LogP contribution in [0.3, 0.4) is 0 Å². The summed E-state index contributed by atoms with van der Waals surface area (Å²) in [7, 11) is 0. The molecule has 1 N–H and O–H groups in total. The highest BCUT2D eigenvalue weighted by Crippen LogP contribution is 2.36. The van der Waals surface area contributed by atoms with Crippen molar-refractivity contribution >= 4 is 57.6 Å². The van der Waals surface area contributed by atoms with Gasteiger partial charge in [-0.2, -0.15) is 0 Å². The van der Waals surface area contributed by atoms with Gasteiger partial charge in [-0.3, -0.25) is 9.59 Å². The third-order valence-electron chi connectivity index (χ3n) is 3.04. The van der Waals surface area contributed by atoms with Gasteiger partial charge in [-0.15, -0.1) is 0 Å². The van der Waals surface area contributed by atoms with E-state index in [1.165, 1.54) is 18.2 Å². The molecule has 0 saturated heterocycles. The minimum atomic E-state index is -0.439. The molecule has 1 aromatic heterocycles. The van der Waals surface area contributed by atoms with Crippen LogP contribution in [0.2, 0.25) is 15.1 Å². The maximum atomic E-state index is 11.9. The van der Waals surface area contributed by atoms with Crippen LogP contribution < -0.4 is 10.1 Å². The van der Waals surface area contributed by atoms with Crippen LogP contribution in [0.4, 0.5) is 0 Å². The number of hydrogen-bond acceptors (Lipinski definition) is 4. The van der Waals surface area contributed by atoms with Crippen molar-refractivity contribution in [2.45, 2.75) is 19.4 Å². The first-order valence-electron chi connectivity index (χ1n) is 7.19. The normalized spacial score (nSPS) is 10.6. The summed E-state index contributed by atoms with van der Waals surface area (Å²) in [5.74, 6) is 0.434. The molecule has 9 heteroatoms. The molecule has 0 aliphatic rings. The Morgan fingerprint density at radius 3 is 2.44 bits per heavy atom. The molecule has 0 aliphatic heterocycles. The number of amides is 1. The minimum Gasteiger partial charge on any atom is -0.483 e. The Morgan fingerprint density at radius 1 is 1.12 bits per heavy atom. The molecular formula is C16H13Cl4NO4. The van der Waals surface area contributed by atoms with E-state index in [0.717, 1.165) is 0 Å². The topological polar surface area (TPSA) is 68.5 Å². The molecule has 0 bridgehead atoms. The highest BCUT2D eigenvalue weighted by atomic mass is 35.5. The van der Waals surface area contributed by atoms with Crippen LogP contribution in [0, 0.1) is 0 Å². The molecule has 0 radical (unpaired) electrons. The Hall–Kier alpha value is -1.40. The van der Waals surface area contributed by atoms with E-state index in [9.17, 15) is 9.59 Å². The second-order valence-corrected chi connectivity index (χ2v) is 6.64. The highest BCUT2D eigenvalue weighted by Gasteiger charge is 2.13. The summed E-state index contributed by atoms with van der Waals surface area (Å²) in [6.45, 7) is 0.356. The molecule has 0 fully saturated rings. The summed E-state index contributed by atoms with van der Waals surface area (Å²) in [5, 5.41) is 3.13. The van der Waals surface area contributed by atoms with Crippen molar-refractivity contribution < 1.29 is 18.7 Å². The fraction of sp³-hybridized carbons (Fsp3) is 0.250. The predicted octanol–water partition coefficient (Wildman–Crippen LogP) is 5.09. The molecule has 5 nitrogen and oxygen atoms in total. The van der Waals surface area contributed by atoms with Crippen molar-refractivity contribution in [3.8, 4) is 5.75 Å². The van der Waals surface area contributed by atoms with Gasteiger partial charge in [0.1, 0.15) is 12.4 Å². The molecule has 1 heterocycles. The largest absolute Gasteiger partial charge is 0.483 e. The fourth-order valence-corrected chi connectivity index (χ4v) is 2.96. The lowest BCUT2D eigenvalue weighted by atomic mass is 10.3. The van der Waals surface area contributed by atoms with E-state index in [2.05, 4.69) is 5.32 Å². The second kappa shape index (κ2) is 9.34. The first kappa shape index (κ1) is 19.9. The van der Waals surface area contributed by atoms with E-state index in [1.54, 1.807) is 6.07 Å². The zero-order valence-electron chi connectivity index (χ0n) is 12.8. The number of rotatable bonds is 8. The van der Waals surface area contributed by atoms with Crippen LogP contribution in [-0.2, 0) is 11.4 Å². The number of ether oxygens (including phenoxy) is 1.